The molecular weight excluding hydrogens is 417 g/mol. The van der Waals surface area contributed by atoms with Crippen LogP contribution in [0.3, 0.4) is 0 Å². The summed E-state index contributed by atoms with van der Waals surface area (Å²) in [6, 6.07) is 0. The SMILES string of the molecule is CCNC(=NCC(O)COCC1CC1)N1CC2CCCCC2C1.I. The maximum absolute atomic E-state index is 10.1. The Labute approximate surface area is 163 Å². The first-order valence-corrected chi connectivity index (χ1v) is 9.55. The maximum Gasteiger partial charge on any atom is 0.194 e. The van der Waals surface area contributed by atoms with Gasteiger partial charge in [-0.3, -0.25) is 4.99 Å². The summed E-state index contributed by atoms with van der Waals surface area (Å²) in [5, 5.41) is 13.5. The van der Waals surface area contributed by atoms with Crippen molar-refractivity contribution in [3.8, 4) is 0 Å². The Morgan fingerprint density at radius 2 is 1.88 bits per heavy atom. The Bertz CT molecular complexity index is 390. The Balaban J connectivity index is 0.00000208. The molecule has 24 heavy (non-hydrogen) atoms. The first-order valence-electron chi connectivity index (χ1n) is 9.55. The van der Waals surface area contributed by atoms with Gasteiger partial charge in [-0.15, -0.1) is 24.0 Å². The fraction of sp³-hybridized carbons (Fsp3) is 0.944. The number of hydrogen-bond donors (Lipinski definition) is 2. The summed E-state index contributed by atoms with van der Waals surface area (Å²) < 4.78 is 5.56. The average molecular weight is 451 g/mol. The molecule has 140 valence electrons. The molecule has 1 saturated heterocycles. The van der Waals surface area contributed by atoms with Crippen molar-refractivity contribution in [2.24, 2.45) is 22.7 Å². The van der Waals surface area contributed by atoms with E-state index >= 15 is 0 Å². The van der Waals surface area contributed by atoms with Crippen molar-refractivity contribution in [3.63, 3.8) is 0 Å². The Morgan fingerprint density at radius 1 is 1.21 bits per heavy atom. The van der Waals surface area contributed by atoms with Gasteiger partial charge in [0.2, 0.25) is 0 Å². The summed E-state index contributed by atoms with van der Waals surface area (Å²) in [7, 11) is 0. The van der Waals surface area contributed by atoms with E-state index in [0.29, 0.717) is 13.2 Å². The van der Waals surface area contributed by atoms with Crippen LogP contribution in [-0.2, 0) is 4.74 Å². The molecule has 6 heteroatoms. The Morgan fingerprint density at radius 3 is 2.46 bits per heavy atom. The largest absolute Gasteiger partial charge is 0.389 e. The van der Waals surface area contributed by atoms with Crippen molar-refractivity contribution in [1.82, 2.24) is 10.2 Å². The molecule has 3 aliphatic rings. The first kappa shape index (κ1) is 20.2. The van der Waals surface area contributed by atoms with Gasteiger partial charge in [-0.05, 0) is 50.4 Å². The second-order valence-electron chi connectivity index (χ2n) is 7.54. The number of guanidine groups is 1. The maximum atomic E-state index is 10.1. The predicted molar refractivity (Wildman–Crippen MR) is 108 cm³/mol. The number of aliphatic hydroxyl groups excluding tert-OH is 1. The zero-order chi connectivity index (χ0) is 16.1. The molecule has 0 spiro atoms. The molecule has 0 aromatic rings. The minimum Gasteiger partial charge on any atom is -0.389 e. The number of fused-ring (bicyclic) bond motifs is 1. The van der Waals surface area contributed by atoms with Crippen LogP contribution in [0.4, 0.5) is 0 Å². The monoisotopic (exact) mass is 451 g/mol. The molecule has 1 aliphatic heterocycles. The second kappa shape index (κ2) is 10.2. The minimum absolute atomic E-state index is 0. The van der Waals surface area contributed by atoms with Gasteiger partial charge in [0, 0.05) is 26.2 Å². The zero-order valence-electron chi connectivity index (χ0n) is 15.0. The second-order valence-corrected chi connectivity index (χ2v) is 7.54. The number of rotatable bonds is 7. The summed E-state index contributed by atoms with van der Waals surface area (Å²) in [5.74, 6) is 3.41. The number of aliphatic hydroxyl groups is 1. The van der Waals surface area contributed by atoms with E-state index in [0.717, 1.165) is 50.0 Å². The van der Waals surface area contributed by atoms with Crippen molar-refractivity contribution in [2.75, 3.05) is 39.4 Å². The highest BCUT2D eigenvalue weighted by Crippen LogP contribution is 2.35. The molecule has 3 rings (SSSR count). The van der Waals surface area contributed by atoms with Crippen molar-refractivity contribution >= 4 is 29.9 Å². The van der Waals surface area contributed by atoms with Crippen molar-refractivity contribution in [1.29, 1.82) is 0 Å². The number of aliphatic imine (C=N–C) groups is 1. The average Bonchev–Trinajstić information content (AvgIpc) is 3.27. The van der Waals surface area contributed by atoms with Crippen molar-refractivity contribution in [3.05, 3.63) is 0 Å². The van der Waals surface area contributed by atoms with Crippen LogP contribution in [0.2, 0.25) is 0 Å². The number of hydrogen-bond acceptors (Lipinski definition) is 3. The van der Waals surface area contributed by atoms with Crippen LogP contribution < -0.4 is 5.32 Å². The number of likely N-dealkylation sites (tertiary alicyclic amines) is 1. The molecule has 0 aromatic carbocycles. The number of ether oxygens (including phenoxy) is 1. The third kappa shape index (κ3) is 6.02. The predicted octanol–water partition coefficient (Wildman–Crippen LogP) is 2.48. The van der Waals surface area contributed by atoms with Crippen LogP contribution in [0.15, 0.2) is 4.99 Å². The minimum atomic E-state index is -0.493. The van der Waals surface area contributed by atoms with Gasteiger partial charge < -0.3 is 20.1 Å². The third-order valence-electron chi connectivity index (χ3n) is 5.42. The fourth-order valence-corrected chi connectivity index (χ4v) is 3.90. The topological polar surface area (TPSA) is 57.1 Å². The van der Waals surface area contributed by atoms with Gasteiger partial charge in [-0.25, -0.2) is 0 Å². The lowest BCUT2D eigenvalue weighted by Gasteiger charge is -2.22. The van der Waals surface area contributed by atoms with E-state index in [1.165, 1.54) is 38.5 Å². The van der Waals surface area contributed by atoms with Crippen LogP contribution in [0.25, 0.3) is 0 Å². The molecule has 0 amide bonds. The van der Waals surface area contributed by atoms with Gasteiger partial charge in [0.15, 0.2) is 5.96 Å². The summed E-state index contributed by atoms with van der Waals surface area (Å²) in [6.07, 6.45) is 7.61. The van der Waals surface area contributed by atoms with E-state index in [2.05, 4.69) is 22.1 Å². The summed E-state index contributed by atoms with van der Waals surface area (Å²) in [6.45, 7) is 6.88. The summed E-state index contributed by atoms with van der Waals surface area (Å²) in [5.41, 5.74) is 0. The molecule has 2 N–H and O–H groups in total. The highest BCUT2D eigenvalue weighted by atomic mass is 127. The van der Waals surface area contributed by atoms with Crippen LogP contribution in [-0.4, -0.2) is 61.5 Å². The van der Waals surface area contributed by atoms with Crippen LogP contribution in [0.1, 0.15) is 45.4 Å². The Hall–Kier alpha value is -0.0800. The molecule has 0 radical (unpaired) electrons. The van der Waals surface area contributed by atoms with Crippen LogP contribution >= 0.6 is 24.0 Å². The highest BCUT2D eigenvalue weighted by molar-refractivity contribution is 14.0. The van der Waals surface area contributed by atoms with Gasteiger partial charge in [-0.1, -0.05) is 12.8 Å². The molecule has 2 saturated carbocycles. The molecular formula is C18H34IN3O2. The fourth-order valence-electron chi connectivity index (χ4n) is 3.90. The molecule has 0 bridgehead atoms. The Kier molecular flexibility index (Phi) is 8.57. The molecule has 2 aliphatic carbocycles. The van der Waals surface area contributed by atoms with Crippen LogP contribution in [0.5, 0.6) is 0 Å². The van der Waals surface area contributed by atoms with Gasteiger partial charge in [0.1, 0.15) is 0 Å². The first-order chi connectivity index (χ1) is 11.3. The van der Waals surface area contributed by atoms with Gasteiger partial charge >= 0.3 is 0 Å². The van der Waals surface area contributed by atoms with Gasteiger partial charge in [0.05, 0.1) is 19.3 Å². The molecule has 5 nitrogen and oxygen atoms in total. The lowest BCUT2D eigenvalue weighted by Crippen LogP contribution is -2.41. The van der Waals surface area contributed by atoms with Crippen molar-refractivity contribution < 1.29 is 9.84 Å². The normalized spacial score (nSPS) is 28.2. The smallest absolute Gasteiger partial charge is 0.194 e. The summed E-state index contributed by atoms with van der Waals surface area (Å²) >= 11 is 0. The van der Waals surface area contributed by atoms with E-state index in [4.69, 9.17) is 4.74 Å². The molecule has 3 fully saturated rings. The van der Waals surface area contributed by atoms with E-state index in [1.807, 2.05) is 0 Å². The van der Waals surface area contributed by atoms with Crippen molar-refractivity contribution in [2.45, 2.75) is 51.6 Å². The molecule has 1 heterocycles. The summed E-state index contributed by atoms with van der Waals surface area (Å²) in [4.78, 5) is 7.07. The number of nitrogens with zero attached hydrogens (tertiary/aromatic N) is 2. The number of nitrogens with one attached hydrogen (secondary N) is 1. The zero-order valence-corrected chi connectivity index (χ0v) is 17.3. The van der Waals surface area contributed by atoms with E-state index in [1.54, 1.807) is 0 Å². The quantitative estimate of drug-likeness (QED) is 0.355. The third-order valence-corrected chi connectivity index (χ3v) is 5.42. The van der Waals surface area contributed by atoms with Gasteiger partial charge in [0.25, 0.3) is 0 Å². The van der Waals surface area contributed by atoms with E-state index in [-0.39, 0.29) is 24.0 Å². The highest BCUT2D eigenvalue weighted by Gasteiger charge is 2.35. The molecule has 3 atom stereocenters. The molecule has 0 aromatic heterocycles. The van der Waals surface area contributed by atoms with Crippen LogP contribution in [0, 0.1) is 17.8 Å². The van der Waals surface area contributed by atoms with E-state index in [9.17, 15) is 5.11 Å². The standard InChI is InChI=1S/C18H33N3O2.HI/c1-2-19-18(20-9-17(22)13-23-12-14-7-8-14)21-10-15-5-3-4-6-16(15)11-21;/h14-17,22H,2-13H2,1H3,(H,19,20);1H. The number of halogens is 1. The molecule has 3 unspecified atom stereocenters. The van der Waals surface area contributed by atoms with Gasteiger partial charge in [-0.2, -0.15) is 0 Å². The lowest BCUT2D eigenvalue weighted by atomic mass is 9.82. The van der Waals surface area contributed by atoms with E-state index < -0.39 is 6.10 Å². The lowest BCUT2D eigenvalue weighted by molar-refractivity contribution is 0.0367.